The molecule has 0 aromatic carbocycles. The van der Waals surface area contributed by atoms with Crippen LogP contribution in [0.4, 0.5) is 0 Å². The molecule has 2 amide bonds. The first-order valence-corrected chi connectivity index (χ1v) is 7.23. The number of nitrogens with one attached hydrogen (secondary N) is 1. The fourth-order valence-electron chi connectivity index (χ4n) is 2.68. The second kappa shape index (κ2) is 6.26. The minimum atomic E-state index is -0.142. The van der Waals surface area contributed by atoms with Gasteiger partial charge >= 0.3 is 0 Å². The Bertz CT molecular complexity index is 544. The molecule has 1 aromatic heterocycles. The van der Waals surface area contributed by atoms with Crippen LogP contribution in [-0.4, -0.2) is 39.6 Å². The van der Waals surface area contributed by atoms with Crippen LogP contribution in [0, 0.1) is 26.7 Å². The molecule has 0 bridgehead atoms. The lowest BCUT2D eigenvalue weighted by molar-refractivity contribution is -0.136. The maximum Gasteiger partial charge on any atom is 0.244 e. The van der Waals surface area contributed by atoms with Gasteiger partial charge in [-0.1, -0.05) is 0 Å². The van der Waals surface area contributed by atoms with E-state index in [-0.39, 0.29) is 24.3 Å². The van der Waals surface area contributed by atoms with Crippen molar-refractivity contribution in [3.8, 4) is 0 Å². The van der Waals surface area contributed by atoms with E-state index in [2.05, 4.69) is 10.5 Å². The van der Waals surface area contributed by atoms with E-state index < -0.39 is 0 Å². The predicted molar refractivity (Wildman–Crippen MR) is 78.1 cm³/mol. The number of likely N-dealkylation sites (tertiary alicyclic amines) is 1. The van der Waals surface area contributed by atoms with Gasteiger partial charge in [-0.2, -0.15) is 5.10 Å². The van der Waals surface area contributed by atoms with Gasteiger partial charge in [-0.3, -0.25) is 19.7 Å². The van der Waals surface area contributed by atoms with Gasteiger partial charge in [0.25, 0.3) is 0 Å². The Morgan fingerprint density at radius 1 is 1.29 bits per heavy atom. The lowest BCUT2D eigenvalue weighted by Crippen LogP contribution is -2.45. The van der Waals surface area contributed by atoms with Crippen LogP contribution in [0.1, 0.15) is 29.8 Å². The van der Waals surface area contributed by atoms with E-state index in [1.807, 2.05) is 20.8 Å². The SMILES string of the molecule is Cc1nn(CC(=O)N2CCC(C(=O)NN)CC2)c(C)c1C. The molecule has 1 aliphatic rings. The molecule has 1 aromatic rings. The number of carbonyl (C=O) groups excluding carboxylic acids is 2. The summed E-state index contributed by atoms with van der Waals surface area (Å²) in [5.74, 6) is 4.96. The molecule has 116 valence electrons. The van der Waals surface area contributed by atoms with Crippen LogP contribution in [0.25, 0.3) is 0 Å². The van der Waals surface area contributed by atoms with Gasteiger partial charge in [-0.05, 0) is 39.2 Å². The van der Waals surface area contributed by atoms with Crippen LogP contribution in [0.15, 0.2) is 0 Å². The van der Waals surface area contributed by atoms with Gasteiger partial charge in [0.05, 0.1) is 5.69 Å². The number of piperidine rings is 1. The van der Waals surface area contributed by atoms with Gasteiger partial charge < -0.3 is 4.90 Å². The van der Waals surface area contributed by atoms with Crippen LogP contribution < -0.4 is 11.3 Å². The Hall–Kier alpha value is -1.89. The van der Waals surface area contributed by atoms with Crippen LogP contribution in [-0.2, 0) is 16.1 Å². The van der Waals surface area contributed by atoms with Crippen molar-refractivity contribution in [2.75, 3.05) is 13.1 Å². The Morgan fingerprint density at radius 2 is 1.90 bits per heavy atom. The van der Waals surface area contributed by atoms with Gasteiger partial charge in [-0.25, -0.2) is 5.84 Å². The number of hydrogen-bond acceptors (Lipinski definition) is 4. The lowest BCUT2D eigenvalue weighted by atomic mass is 9.96. The molecule has 0 spiro atoms. The molecule has 0 unspecified atom stereocenters. The van der Waals surface area contributed by atoms with E-state index in [1.54, 1.807) is 9.58 Å². The number of nitrogens with zero attached hydrogens (tertiary/aromatic N) is 3. The first-order valence-electron chi connectivity index (χ1n) is 7.23. The van der Waals surface area contributed by atoms with E-state index in [0.717, 1.165) is 17.0 Å². The molecule has 1 fully saturated rings. The monoisotopic (exact) mass is 293 g/mol. The fourth-order valence-corrected chi connectivity index (χ4v) is 2.68. The van der Waals surface area contributed by atoms with Crippen molar-refractivity contribution in [2.45, 2.75) is 40.2 Å². The highest BCUT2D eigenvalue weighted by Crippen LogP contribution is 2.18. The highest BCUT2D eigenvalue weighted by atomic mass is 16.2. The Morgan fingerprint density at radius 3 is 2.38 bits per heavy atom. The molecular weight excluding hydrogens is 270 g/mol. The topological polar surface area (TPSA) is 93.2 Å². The van der Waals surface area contributed by atoms with Crippen molar-refractivity contribution in [3.63, 3.8) is 0 Å². The first-order chi connectivity index (χ1) is 9.93. The Labute approximate surface area is 124 Å². The number of aromatic nitrogens is 2. The first kappa shape index (κ1) is 15.5. The molecule has 7 nitrogen and oxygen atoms in total. The maximum atomic E-state index is 12.3. The van der Waals surface area contributed by atoms with Crippen molar-refractivity contribution in [3.05, 3.63) is 17.0 Å². The summed E-state index contributed by atoms with van der Waals surface area (Å²) in [6.07, 6.45) is 1.32. The fraction of sp³-hybridized carbons (Fsp3) is 0.643. The third kappa shape index (κ3) is 3.24. The molecule has 3 N–H and O–H groups in total. The Balaban J connectivity index is 1.93. The zero-order chi connectivity index (χ0) is 15.6. The Kier molecular flexibility index (Phi) is 4.62. The normalized spacial score (nSPS) is 16.1. The van der Waals surface area contributed by atoms with Crippen molar-refractivity contribution >= 4 is 11.8 Å². The molecule has 1 saturated heterocycles. The number of aryl methyl sites for hydroxylation is 1. The number of hydrogen-bond donors (Lipinski definition) is 2. The molecule has 21 heavy (non-hydrogen) atoms. The number of rotatable bonds is 3. The molecule has 0 aliphatic carbocycles. The van der Waals surface area contributed by atoms with Crippen molar-refractivity contribution in [1.29, 1.82) is 0 Å². The van der Waals surface area contributed by atoms with E-state index in [1.165, 1.54) is 0 Å². The van der Waals surface area contributed by atoms with Crippen LogP contribution in [0.2, 0.25) is 0 Å². The van der Waals surface area contributed by atoms with Crippen LogP contribution in [0.3, 0.4) is 0 Å². The number of carbonyl (C=O) groups is 2. The van der Waals surface area contributed by atoms with Gasteiger partial charge in [0, 0.05) is 24.7 Å². The minimum Gasteiger partial charge on any atom is -0.341 e. The second-order valence-electron chi connectivity index (χ2n) is 5.62. The third-order valence-corrected chi connectivity index (χ3v) is 4.39. The summed E-state index contributed by atoms with van der Waals surface area (Å²) in [5.41, 5.74) is 5.29. The van der Waals surface area contributed by atoms with E-state index in [0.29, 0.717) is 25.9 Å². The van der Waals surface area contributed by atoms with Crippen LogP contribution in [0.5, 0.6) is 0 Å². The summed E-state index contributed by atoms with van der Waals surface area (Å²) in [5, 5.41) is 4.39. The summed E-state index contributed by atoms with van der Waals surface area (Å²) in [7, 11) is 0. The molecule has 2 rings (SSSR count). The average Bonchev–Trinajstić information content (AvgIpc) is 2.74. The summed E-state index contributed by atoms with van der Waals surface area (Å²) in [6.45, 7) is 7.37. The van der Waals surface area contributed by atoms with Gasteiger partial charge in [0.1, 0.15) is 6.54 Å². The number of amides is 2. The standard InChI is InChI=1S/C14H23N5O2/c1-9-10(2)17-19(11(9)3)8-13(20)18-6-4-12(5-7-18)14(21)16-15/h12H,4-8,15H2,1-3H3,(H,16,21). The zero-order valence-corrected chi connectivity index (χ0v) is 12.8. The van der Waals surface area contributed by atoms with Crippen molar-refractivity contribution in [2.24, 2.45) is 11.8 Å². The summed E-state index contributed by atoms with van der Waals surface area (Å²) in [6, 6.07) is 0. The average molecular weight is 293 g/mol. The van der Waals surface area contributed by atoms with E-state index in [9.17, 15) is 9.59 Å². The number of hydrazine groups is 1. The van der Waals surface area contributed by atoms with Gasteiger partial charge in [0.15, 0.2) is 0 Å². The third-order valence-electron chi connectivity index (χ3n) is 4.39. The molecule has 2 heterocycles. The smallest absolute Gasteiger partial charge is 0.244 e. The summed E-state index contributed by atoms with van der Waals surface area (Å²) < 4.78 is 1.76. The van der Waals surface area contributed by atoms with Gasteiger partial charge in [0.2, 0.25) is 11.8 Å². The highest BCUT2D eigenvalue weighted by Gasteiger charge is 2.27. The predicted octanol–water partition coefficient (Wildman–Crippen LogP) is 0.0369. The molecular formula is C14H23N5O2. The summed E-state index contributed by atoms with van der Waals surface area (Å²) >= 11 is 0. The zero-order valence-electron chi connectivity index (χ0n) is 12.8. The van der Waals surface area contributed by atoms with Crippen molar-refractivity contribution in [1.82, 2.24) is 20.1 Å². The van der Waals surface area contributed by atoms with Crippen LogP contribution >= 0.6 is 0 Å². The molecule has 0 saturated carbocycles. The largest absolute Gasteiger partial charge is 0.341 e. The van der Waals surface area contributed by atoms with E-state index in [4.69, 9.17) is 5.84 Å². The number of nitrogens with two attached hydrogens (primary N) is 1. The maximum absolute atomic E-state index is 12.3. The molecule has 1 aliphatic heterocycles. The summed E-state index contributed by atoms with van der Waals surface area (Å²) in [4.78, 5) is 25.6. The highest BCUT2D eigenvalue weighted by molar-refractivity contribution is 5.79. The molecule has 0 atom stereocenters. The van der Waals surface area contributed by atoms with Gasteiger partial charge in [-0.15, -0.1) is 0 Å². The minimum absolute atomic E-state index is 0.0483. The second-order valence-corrected chi connectivity index (χ2v) is 5.62. The quantitative estimate of drug-likeness (QED) is 0.467. The molecule has 7 heteroatoms. The lowest BCUT2D eigenvalue weighted by Gasteiger charge is -2.31. The van der Waals surface area contributed by atoms with E-state index >= 15 is 0 Å². The molecule has 0 radical (unpaired) electrons. The van der Waals surface area contributed by atoms with Crippen molar-refractivity contribution < 1.29 is 9.59 Å².